The molecule has 1 aromatic heterocycles. The van der Waals surface area contributed by atoms with E-state index in [2.05, 4.69) is 9.88 Å². The predicted molar refractivity (Wildman–Crippen MR) is 73.9 cm³/mol. The smallest absolute Gasteiger partial charge is 0.289 e. The number of aromatic nitrogens is 1. The maximum Gasteiger partial charge on any atom is 0.289 e. The van der Waals surface area contributed by atoms with Gasteiger partial charge in [0.2, 0.25) is 0 Å². The first-order chi connectivity index (χ1) is 9.16. The Bertz CT molecular complexity index is 455. The van der Waals surface area contributed by atoms with Crippen LogP contribution in [0.3, 0.4) is 0 Å². The Balaban J connectivity index is 1.83. The van der Waals surface area contributed by atoms with E-state index in [9.17, 15) is 10.1 Å². The SMILES string of the molecule is O=[N+]([O-])c1cnc(SCCN2CCOCC2)c(Cl)c1. The van der Waals surface area contributed by atoms with Crippen molar-refractivity contribution in [3.8, 4) is 0 Å². The molecule has 1 aromatic rings. The van der Waals surface area contributed by atoms with Crippen LogP contribution in [0.1, 0.15) is 0 Å². The van der Waals surface area contributed by atoms with Crippen molar-refractivity contribution in [2.75, 3.05) is 38.6 Å². The fraction of sp³-hybridized carbons (Fsp3) is 0.545. The van der Waals surface area contributed by atoms with Crippen LogP contribution < -0.4 is 0 Å². The summed E-state index contributed by atoms with van der Waals surface area (Å²) in [6.07, 6.45) is 1.24. The molecule has 6 nitrogen and oxygen atoms in total. The van der Waals surface area contributed by atoms with Gasteiger partial charge in [0.1, 0.15) is 11.2 Å². The van der Waals surface area contributed by atoms with Crippen LogP contribution in [0.2, 0.25) is 5.02 Å². The van der Waals surface area contributed by atoms with E-state index in [1.807, 2.05) is 0 Å². The van der Waals surface area contributed by atoms with Gasteiger partial charge in [-0.15, -0.1) is 11.8 Å². The molecule has 8 heteroatoms. The summed E-state index contributed by atoms with van der Waals surface area (Å²) >= 11 is 7.49. The molecule has 0 bridgehead atoms. The van der Waals surface area contributed by atoms with E-state index in [1.54, 1.807) is 0 Å². The molecule has 19 heavy (non-hydrogen) atoms. The standard InChI is InChI=1S/C11H14ClN3O3S/c12-10-7-9(15(16)17)8-13-11(10)19-6-3-14-1-4-18-5-2-14/h7-8H,1-6H2. The highest BCUT2D eigenvalue weighted by molar-refractivity contribution is 7.99. The molecule has 104 valence electrons. The molecule has 0 aliphatic carbocycles. The summed E-state index contributed by atoms with van der Waals surface area (Å²) in [4.78, 5) is 16.4. The average Bonchev–Trinajstić information content (AvgIpc) is 2.41. The maximum absolute atomic E-state index is 10.6. The summed E-state index contributed by atoms with van der Waals surface area (Å²) < 4.78 is 5.27. The Morgan fingerprint density at radius 3 is 2.89 bits per heavy atom. The van der Waals surface area contributed by atoms with Crippen LogP contribution in [-0.2, 0) is 4.74 Å². The topological polar surface area (TPSA) is 68.5 Å². The van der Waals surface area contributed by atoms with Gasteiger partial charge in [-0.1, -0.05) is 11.6 Å². The highest BCUT2D eigenvalue weighted by atomic mass is 35.5. The second kappa shape index (κ2) is 7.04. The third kappa shape index (κ3) is 4.31. The van der Waals surface area contributed by atoms with E-state index < -0.39 is 4.92 Å². The number of hydrogen-bond acceptors (Lipinski definition) is 6. The summed E-state index contributed by atoms with van der Waals surface area (Å²) in [5.41, 5.74) is -0.0810. The average molecular weight is 304 g/mol. The fourth-order valence-corrected chi connectivity index (χ4v) is 2.91. The lowest BCUT2D eigenvalue weighted by molar-refractivity contribution is -0.385. The highest BCUT2D eigenvalue weighted by Gasteiger charge is 2.13. The van der Waals surface area contributed by atoms with Gasteiger partial charge in [-0.3, -0.25) is 15.0 Å². The van der Waals surface area contributed by atoms with Gasteiger partial charge < -0.3 is 4.74 Å². The van der Waals surface area contributed by atoms with Crippen LogP contribution in [0.15, 0.2) is 17.3 Å². The van der Waals surface area contributed by atoms with Gasteiger partial charge in [-0.2, -0.15) is 0 Å². The zero-order valence-electron chi connectivity index (χ0n) is 10.2. The van der Waals surface area contributed by atoms with E-state index in [-0.39, 0.29) is 5.69 Å². The molecule has 0 aromatic carbocycles. The first-order valence-electron chi connectivity index (χ1n) is 5.89. The second-order valence-corrected chi connectivity index (χ2v) is 5.53. The van der Waals surface area contributed by atoms with Gasteiger partial charge in [0.25, 0.3) is 5.69 Å². The van der Waals surface area contributed by atoms with Crippen LogP contribution >= 0.6 is 23.4 Å². The molecule has 0 atom stereocenters. The Morgan fingerprint density at radius 1 is 1.53 bits per heavy atom. The van der Waals surface area contributed by atoms with Crippen LogP contribution in [0.5, 0.6) is 0 Å². The molecule has 2 heterocycles. The molecule has 0 radical (unpaired) electrons. The third-order valence-corrected chi connectivity index (χ3v) is 4.14. The molecule has 0 unspecified atom stereocenters. The minimum atomic E-state index is -0.499. The molecule has 0 N–H and O–H groups in total. The predicted octanol–water partition coefficient (Wildman–Crippen LogP) is 2.07. The number of nitro groups is 1. The summed E-state index contributed by atoms with van der Waals surface area (Å²) in [7, 11) is 0. The lowest BCUT2D eigenvalue weighted by Gasteiger charge is -2.26. The number of morpholine rings is 1. The van der Waals surface area contributed by atoms with Gasteiger partial charge in [0.15, 0.2) is 0 Å². The van der Waals surface area contributed by atoms with E-state index in [0.29, 0.717) is 10.0 Å². The molecule has 0 amide bonds. The molecular formula is C11H14ClN3O3S. The number of thioether (sulfide) groups is 1. The maximum atomic E-state index is 10.6. The van der Waals surface area contributed by atoms with Crippen molar-refractivity contribution in [1.82, 2.24) is 9.88 Å². The Labute approximate surface area is 120 Å². The molecule has 1 fully saturated rings. The van der Waals surface area contributed by atoms with Crippen molar-refractivity contribution in [3.05, 3.63) is 27.4 Å². The summed E-state index contributed by atoms with van der Waals surface area (Å²) in [5, 5.41) is 11.5. The van der Waals surface area contributed by atoms with Gasteiger partial charge in [-0.25, -0.2) is 4.98 Å². The van der Waals surface area contributed by atoms with Crippen LogP contribution in [0, 0.1) is 10.1 Å². The number of rotatable bonds is 5. The fourth-order valence-electron chi connectivity index (χ4n) is 1.72. The summed E-state index contributed by atoms with van der Waals surface area (Å²) in [6.45, 7) is 4.38. The van der Waals surface area contributed by atoms with E-state index in [1.165, 1.54) is 24.0 Å². The first-order valence-corrected chi connectivity index (χ1v) is 7.26. The Kier molecular flexibility index (Phi) is 5.38. The van der Waals surface area contributed by atoms with Crippen LogP contribution in [0.4, 0.5) is 5.69 Å². The lowest BCUT2D eigenvalue weighted by Crippen LogP contribution is -2.37. The number of nitrogens with zero attached hydrogens (tertiary/aromatic N) is 3. The number of ether oxygens (including phenoxy) is 1. The quantitative estimate of drug-likeness (QED) is 0.471. The second-order valence-electron chi connectivity index (χ2n) is 4.04. The van der Waals surface area contributed by atoms with E-state index >= 15 is 0 Å². The van der Waals surface area contributed by atoms with Crippen LogP contribution in [0.25, 0.3) is 0 Å². The van der Waals surface area contributed by atoms with Crippen LogP contribution in [-0.4, -0.2) is 53.4 Å². The van der Waals surface area contributed by atoms with Crippen molar-refractivity contribution < 1.29 is 9.66 Å². The zero-order valence-corrected chi connectivity index (χ0v) is 11.8. The normalized spacial score (nSPS) is 16.5. The third-order valence-electron chi connectivity index (χ3n) is 2.75. The number of pyridine rings is 1. The summed E-state index contributed by atoms with van der Waals surface area (Å²) in [6, 6.07) is 1.34. The zero-order chi connectivity index (χ0) is 13.7. The van der Waals surface area contributed by atoms with Gasteiger partial charge in [-0.05, 0) is 0 Å². The van der Waals surface area contributed by atoms with Crippen molar-refractivity contribution in [1.29, 1.82) is 0 Å². The van der Waals surface area contributed by atoms with Gasteiger partial charge >= 0.3 is 0 Å². The highest BCUT2D eigenvalue weighted by Crippen LogP contribution is 2.27. The van der Waals surface area contributed by atoms with Gasteiger partial charge in [0.05, 0.1) is 23.2 Å². The minimum absolute atomic E-state index is 0.0810. The van der Waals surface area contributed by atoms with Crippen molar-refractivity contribution >= 4 is 29.1 Å². The lowest BCUT2D eigenvalue weighted by atomic mass is 10.4. The Hall–Kier alpha value is -0.890. The minimum Gasteiger partial charge on any atom is -0.379 e. The Morgan fingerprint density at radius 2 is 2.26 bits per heavy atom. The van der Waals surface area contributed by atoms with E-state index in [0.717, 1.165) is 38.6 Å². The number of halogens is 1. The van der Waals surface area contributed by atoms with Crippen molar-refractivity contribution in [2.45, 2.75) is 5.03 Å². The first kappa shape index (κ1) is 14.5. The molecule has 0 spiro atoms. The summed E-state index contributed by atoms with van der Waals surface area (Å²) in [5.74, 6) is 0.852. The molecule has 0 saturated carbocycles. The molecular weight excluding hydrogens is 290 g/mol. The molecule has 1 aliphatic heterocycles. The van der Waals surface area contributed by atoms with Gasteiger partial charge in [0, 0.05) is 31.5 Å². The molecule has 1 saturated heterocycles. The van der Waals surface area contributed by atoms with Crippen molar-refractivity contribution in [2.24, 2.45) is 0 Å². The van der Waals surface area contributed by atoms with E-state index in [4.69, 9.17) is 16.3 Å². The number of hydrogen-bond donors (Lipinski definition) is 0. The monoisotopic (exact) mass is 303 g/mol. The largest absolute Gasteiger partial charge is 0.379 e. The molecule has 1 aliphatic rings. The van der Waals surface area contributed by atoms with Crippen molar-refractivity contribution in [3.63, 3.8) is 0 Å². The molecule has 2 rings (SSSR count).